The molecule has 18 atom stereocenters. The first-order valence-corrected chi connectivity index (χ1v) is 21.7. The Labute approximate surface area is 353 Å². The summed E-state index contributed by atoms with van der Waals surface area (Å²) in [4.78, 5) is 16.6. The van der Waals surface area contributed by atoms with Crippen molar-refractivity contribution in [3.8, 4) is 12.3 Å². The van der Waals surface area contributed by atoms with E-state index in [9.17, 15) is 25.3 Å². The third-order valence-corrected chi connectivity index (χ3v) is 14.2. The van der Waals surface area contributed by atoms with Crippen LogP contribution in [0.15, 0.2) is 17.3 Å². The van der Waals surface area contributed by atoms with Gasteiger partial charge in [0.25, 0.3) is 0 Å². The maximum Gasteiger partial charge on any atom is 0.311 e. The summed E-state index contributed by atoms with van der Waals surface area (Å²) in [5.74, 6) is -0.927. The molecule has 0 spiro atoms. The molecule has 59 heavy (non-hydrogen) atoms. The zero-order valence-corrected chi connectivity index (χ0v) is 37.8. The van der Waals surface area contributed by atoms with Crippen LogP contribution >= 0.6 is 0 Å². The van der Waals surface area contributed by atoms with E-state index in [0.29, 0.717) is 44.4 Å². The molecule has 0 aromatic carbocycles. The highest BCUT2D eigenvalue weighted by molar-refractivity contribution is 5.88. The molecule has 0 aromatic rings. The van der Waals surface area contributed by atoms with Crippen LogP contribution < -0.4 is 0 Å². The van der Waals surface area contributed by atoms with Gasteiger partial charge in [-0.05, 0) is 86.6 Å². The number of aliphatic hydroxyl groups is 3. The van der Waals surface area contributed by atoms with Gasteiger partial charge in [-0.3, -0.25) is 9.69 Å². The molecule has 4 N–H and O–H groups in total. The highest BCUT2D eigenvalue weighted by Crippen LogP contribution is 2.45. The van der Waals surface area contributed by atoms with E-state index in [4.69, 9.17) is 39.6 Å². The number of oxime groups is 1. The Balaban J connectivity index is 1.95. The van der Waals surface area contributed by atoms with Gasteiger partial charge in [-0.25, -0.2) is 0 Å². The molecular formula is C45H76N2O12. The predicted molar refractivity (Wildman–Crippen MR) is 222 cm³/mol. The summed E-state index contributed by atoms with van der Waals surface area (Å²) in [7, 11) is 3.45. The van der Waals surface area contributed by atoms with E-state index in [-0.39, 0.29) is 31.6 Å². The van der Waals surface area contributed by atoms with Crippen LogP contribution in [0.25, 0.3) is 0 Å². The summed E-state index contributed by atoms with van der Waals surface area (Å²) < 4.78 is 45.8. The molecule has 4 fully saturated rings. The Hall–Kier alpha value is -2.16. The number of esters is 1. The van der Waals surface area contributed by atoms with Gasteiger partial charge in [-0.2, -0.15) is 0 Å². The Morgan fingerprint density at radius 2 is 1.73 bits per heavy atom. The van der Waals surface area contributed by atoms with Crippen molar-refractivity contribution in [1.82, 2.24) is 4.90 Å². The van der Waals surface area contributed by atoms with Crippen molar-refractivity contribution in [2.24, 2.45) is 34.7 Å². The molecule has 0 aromatic heterocycles. The van der Waals surface area contributed by atoms with Crippen LogP contribution in [0.4, 0.5) is 0 Å². The third kappa shape index (κ3) is 10.9. The Morgan fingerprint density at radius 3 is 2.34 bits per heavy atom. The van der Waals surface area contributed by atoms with Gasteiger partial charge in [-0.1, -0.05) is 45.0 Å². The highest BCUT2D eigenvalue weighted by Gasteiger charge is 2.54. The SMILES string of the molecule is C#CCCN(C)[C@H]1C[C@@H](C)O[C@@H](O[C@@H]2[C@@H](C)[C@H](OC3C[C@@](C)(OC)[C@@H](O)[C@H](C)O3)[C@@H](C)C(=O)O[C@H](CC)[C@@](C)(O)[C@@H]3CCC(=C)CO[C@]2(C)C[C@@H](C)/C(=N\O)[C@@H]3C)[C@@H]1O. The fraction of sp³-hybridized carbons (Fsp3) is 0.867. The second-order valence-electron chi connectivity index (χ2n) is 18.8. The molecule has 4 rings (SSSR count). The predicted octanol–water partition coefficient (Wildman–Crippen LogP) is 5.07. The fourth-order valence-corrected chi connectivity index (χ4v) is 10.4. The van der Waals surface area contributed by atoms with Gasteiger partial charge in [0, 0.05) is 50.3 Å². The number of rotatable bonds is 9. The van der Waals surface area contributed by atoms with Gasteiger partial charge in [-0.15, -0.1) is 12.3 Å². The van der Waals surface area contributed by atoms with Gasteiger partial charge in [0.1, 0.15) is 23.9 Å². The summed E-state index contributed by atoms with van der Waals surface area (Å²) in [5.41, 5.74) is -2.53. The average Bonchev–Trinajstić information content (AvgIpc) is 3.19. The van der Waals surface area contributed by atoms with E-state index in [1.807, 2.05) is 53.5 Å². The number of methoxy groups -OCH3 is 1. The molecule has 0 saturated carbocycles. The van der Waals surface area contributed by atoms with Crippen molar-refractivity contribution in [3.05, 3.63) is 12.2 Å². The molecule has 1 unspecified atom stereocenters. The van der Waals surface area contributed by atoms with E-state index >= 15 is 0 Å². The molecular weight excluding hydrogens is 760 g/mol. The van der Waals surface area contributed by atoms with E-state index in [1.165, 1.54) is 7.11 Å². The van der Waals surface area contributed by atoms with E-state index in [2.05, 4.69) is 17.7 Å². The molecule has 4 saturated heterocycles. The standard InChI is InChI=1S/C45H76N2O12/c1-15-17-20-47(13)33-21-27(5)55-42(37(33)48)59-40-29(7)38(58-35-23-43(10,53-14)39(49)31(9)56-35)30(8)41(50)57-34(16-2)45(12,51)32-19-18-25(3)24-54-44(40,11)22-26(4)36(46-52)28(32)6/h1,26-35,37-40,42,48-49,51-52H,3,16-24H2,2,4-14H3/b46-36+/t26-,27-,28-,29+,30-,31+,32-,33+,34-,35?,37-,38+,39+,40-,42+,43-,44-,45+/m1/s1. The Morgan fingerprint density at radius 1 is 1.05 bits per heavy atom. The normalized spacial score (nSPS) is 46.5. The molecule has 14 nitrogen and oxygen atoms in total. The first-order valence-electron chi connectivity index (χ1n) is 21.7. The van der Waals surface area contributed by atoms with Gasteiger partial charge in [0.2, 0.25) is 0 Å². The number of nitrogens with zero attached hydrogens (tertiary/aromatic N) is 2. The number of cyclic esters (lactones) is 1. The monoisotopic (exact) mass is 837 g/mol. The summed E-state index contributed by atoms with van der Waals surface area (Å²) in [6.07, 6.45) is 0.396. The average molecular weight is 837 g/mol. The number of hydrogen-bond donors (Lipinski definition) is 4. The minimum Gasteiger partial charge on any atom is -0.459 e. The van der Waals surface area contributed by atoms with Gasteiger partial charge < -0.3 is 53.7 Å². The Kier molecular flexibility index (Phi) is 17.1. The van der Waals surface area contributed by atoms with Crippen molar-refractivity contribution in [3.63, 3.8) is 0 Å². The van der Waals surface area contributed by atoms with Crippen LogP contribution in [-0.4, -0.2) is 143 Å². The topological polar surface area (TPSA) is 178 Å². The second-order valence-corrected chi connectivity index (χ2v) is 18.8. The Bertz CT molecular complexity index is 1490. The number of carbonyl (C=O) groups excluding carboxylic acids is 1. The summed E-state index contributed by atoms with van der Waals surface area (Å²) >= 11 is 0. The van der Waals surface area contributed by atoms with E-state index < -0.39 is 102 Å². The molecule has 14 heteroatoms. The summed E-state index contributed by atoms with van der Waals surface area (Å²) in [6, 6.07) is -0.341. The number of likely N-dealkylation sites (N-methyl/N-ethyl adjacent to an activating group) is 1. The molecule has 0 amide bonds. The first kappa shape index (κ1) is 49.5. The zero-order chi connectivity index (χ0) is 44.2. The smallest absolute Gasteiger partial charge is 0.311 e. The van der Waals surface area contributed by atoms with Crippen molar-refractivity contribution in [2.75, 3.05) is 27.3 Å². The number of hydrogen-bond acceptors (Lipinski definition) is 14. The van der Waals surface area contributed by atoms with Crippen molar-refractivity contribution in [1.29, 1.82) is 0 Å². The molecule has 0 radical (unpaired) electrons. The van der Waals surface area contributed by atoms with Gasteiger partial charge >= 0.3 is 5.97 Å². The lowest BCUT2D eigenvalue weighted by molar-refractivity contribution is -0.320. The molecule has 338 valence electrons. The van der Waals surface area contributed by atoms with Gasteiger partial charge in [0.15, 0.2) is 12.6 Å². The van der Waals surface area contributed by atoms with Crippen molar-refractivity contribution in [2.45, 2.75) is 192 Å². The molecule has 4 aliphatic rings. The minimum absolute atomic E-state index is 0.145. The lowest BCUT2D eigenvalue weighted by Crippen LogP contribution is -2.61. The van der Waals surface area contributed by atoms with Crippen molar-refractivity contribution >= 4 is 11.7 Å². The number of fused-ring (bicyclic) bond motifs is 5. The minimum atomic E-state index is -1.54. The summed E-state index contributed by atoms with van der Waals surface area (Å²) in [6.45, 7) is 23.6. The van der Waals surface area contributed by atoms with Crippen LogP contribution in [0.5, 0.6) is 0 Å². The largest absolute Gasteiger partial charge is 0.459 e. The van der Waals surface area contributed by atoms with Crippen LogP contribution in [0, 0.1) is 41.9 Å². The first-order chi connectivity index (χ1) is 27.6. The number of aliphatic hydroxyl groups excluding tert-OH is 2. The molecule has 2 bridgehead atoms. The van der Waals surface area contributed by atoms with Gasteiger partial charge in [0.05, 0.1) is 53.9 Å². The van der Waals surface area contributed by atoms with E-state index in [1.54, 1.807) is 27.7 Å². The lowest BCUT2D eigenvalue weighted by Gasteiger charge is -2.50. The van der Waals surface area contributed by atoms with E-state index in [0.717, 1.165) is 5.57 Å². The summed E-state index contributed by atoms with van der Waals surface area (Å²) in [5, 5.41) is 50.2. The molecule has 4 heterocycles. The van der Waals surface area contributed by atoms with Crippen molar-refractivity contribution < 1.29 is 58.5 Å². The van der Waals surface area contributed by atoms with Crippen LogP contribution in [0.3, 0.4) is 0 Å². The second kappa shape index (κ2) is 20.4. The zero-order valence-electron chi connectivity index (χ0n) is 37.8. The number of carbonyl (C=O) groups is 1. The molecule has 4 aliphatic heterocycles. The van der Waals surface area contributed by atoms with Crippen LogP contribution in [0.1, 0.15) is 114 Å². The quantitative estimate of drug-likeness (QED) is 0.0797. The third-order valence-electron chi connectivity index (χ3n) is 14.2. The van der Waals surface area contributed by atoms with Crippen LogP contribution in [0.2, 0.25) is 0 Å². The highest BCUT2D eigenvalue weighted by atomic mass is 16.7. The fourth-order valence-electron chi connectivity index (χ4n) is 10.4. The molecule has 0 aliphatic carbocycles. The number of ether oxygens (including phenoxy) is 7. The number of terminal acetylenes is 1. The van der Waals surface area contributed by atoms with Crippen LogP contribution in [-0.2, 0) is 38.0 Å². The lowest BCUT2D eigenvalue weighted by atomic mass is 9.68. The maximum atomic E-state index is 14.6. The maximum absolute atomic E-state index is 14.6.